The zero-order valence-electron chi connectivity index (χ0n) is 15.8. The number of nitro benzene ring substituents is 1. The highest BCUT2D eigenvalue weighted by atomic mass is 16.6. The summed E-state index contributed by atoms with van der Waals surface area (Å²) in [5, 5.41) is 23.5. The fourth-order valence-corrected chi connectivity index (χ4v) is 3.60. The average molecular weight is 387 g/mol. The first-order valence-corrected chi connectivity index (χ1v) is 9.09. The molecule has 1 aromatic carbocycles. The number of nitrogens with zero attached hydrogens (tertiary/aromatic N) is 4. The maximum Gasteiger partial charge on any atom is 0.309 e. The van der Waals surface area contributed by atoms with E-state index in [1.807, 2.05) is 35.6 Å². The molecule has 1 aromatic heterocycles. The lowest BCUT2D eigenvalue weighted by molar-refractivity contribution is -0.681. The van der Waals surface area contributed by atoms with Gasteiger partial charge in [0.2, 0.25) is 6.33 Å². The van der Waals surface area contributed by atoms with E-state index in [9.17, 15) is 20.1 Å². The maximum atomic E-state index is 11.8. The molecule has 0 saturated carbocycles. The summed E-state index contributed by atoms with van der Waals surface area (Å²) in [6.45, 7) is 2.73. The second kappa shape index (κ2) is 8.20. The molecule has 2 aromatic rings. The van der Waals surface area contributed by atoms with Crippen molar-refractivity contribution >= 4 is 17.4 Å². The van der Waals surface area contributed by atoms with Crippen molar-refractivity contribution in [3.8, 4) is 0 Å². The van der Waals surface area contributed by atoms with Gasteiger partial charge in [0.15, 0.2) is 0 Å². The zero-order valence-corrected chi connectivity index (χ0v) is 15.8. The van der Waals surface area contributed by atoms with Crippen LogP contribution in [0.2, 0.25) is 0 Å². The number of carbonyl (C=O) groups excluding carboxylic acids is 1. The molecule has 0 spiro atoms. The first kappa shape index (κ1) is 19.5. The van der Waals surface area contributed by atoms with Gasteiger partial charge in [-0.3, -0.25) is 14.9 Å². The topological polar surface area (TPSA) is 111 Å². The Hall–Kier alpha value is -3.23. The number of nitro groups is 1. The molecule has 2 unspecified atom stereocenters. The standard InChI is InChI=1S/C19H22N4O5/c1-3-17-14(11-28-19(17)24)8-16-9-22(12-21(16)2)10-18(20-25)13-4-6-15(7-5-13)23(26)27/h4-7,9,12,14,17H,3,8,10-11H2,1-2H3/p+1/b20-18-. The summed E-state index contributed by atoms with van der Waals surface area (Å²) >= 11 is 0. The van der Waals surface area contributed by atoms with Crippen molar-refractivity contribution in [2.45, 2.75) is 26.3 Å². The van der Waals surface area contributed by atoms with Crippen LogP contribution in [0.25, 0.3) is 0 Å². The molecule has 148 valence electrons. The second-order valence-corrected chi connectivity index (χ2v) is 6.98. The van der Waals surface area contributed by atoms with Crippen LogP contribution in [0.15, 0.2) is 41.9 Å². The quantitative estimate of drug-likeness (QED) is 0.195. The van der Waals surface area contributed by atoms with Gasteiger partial charge in [0.05, 0.1) is 24.5 Å². The smallest absolute Gasteiger partial charge is 0.309 e. The Bertz CT molecular complexity index is 904. The van der Waals surface area contributed by atoms with E-state index in [2.05, 4.69) is 5.16 Å². The van der Waals surface area contributed by atoms with E-state index in [4.69, 9.17) is 4.74 Å². The van der Waals surface area contributed by atoms with Crippen molar-refractivity contribution in [3.05, 3.63) is 58.2 Å². The minimum absolute atomic E-state index is 0.0190. The highest BCUT2D eigenvalue weighted by Gasteiger charge is 2.36. The number of esters is 1. The van der Waals surface area contributed by atoms with Gasteiger partial charge in [0.25, 0.3) is 5.69 Å². The second-order valence-electron chi connectivity index (χ2n) is 6.98. The minimum Gasteiger partial charge on any atom is -0.465 e. The van der Waals surface area contributed by atoms with Crippen LogP contribution in [0.4, 0.5) is 5.69 Å². The lowest BCUT2D eigenvalue weighted by Gasteiger charge is -2.10. The van der Waals surface area contributed by atoms with Crippen LogP contribution in [0.1, 0.15) is 24.6 Å². The van der Waals surface area contributed by atoms with Crippen molar-refractivity contribution in [3.63, 3.8) is 0 Å². The lowest BCUT2D eigenvalue weighted by Crippen LogP contribution is -2.36. The first-order chi connectivity index (χ1) is 13.4. The summed E-state index contributed by atoms with van der Waals surface area (Å²) in [7, 11) is 1.92. The largest absolute Gasteiger partial charge is 0.465 e. The van der Waals surface area contributed by atoms with E-state index in [1.54, 1.807) is 12.1 Å². The van der Waals surface area contributed by atoms with Gasteiger partial charge in [-0.25, -0.2) is 9.13 Å². The normalized spacial score (nSPS) is 19.6. The number of oxime groups is 1. The van der Waals surface area contributed by atoms with Gasteiger partial charge in [-0.05, 0) is 18.6 Å². The Labute approximate surface area is 162 Å². The molecule has 1 aliphatic rings. The van der Waals surface area contributed by atoms with Crippen LogP contribution >= 0.6 is 0 Å². The number of non-ortho nitro benzene ring substituents is 1. The third-order valence-corrected chi connectivity index (χ3v) is 5.18. The predicted octanol–water partition coefficient (Wildman–Crippen LogP) is 1.84. The number of cyclic esters (lactones) is 1. The average Bonchev–Trinajstić information content (AvgIpc) is 3.21. The third kappa shape index (κ3) is 4.03. The molecule has 0 bridgehead atoms. The van der Waals surface area contributed by atoms with Gasteiger partial charge in [-0.2, -0.15) is 0 Å². The predicted molar refractivity (Wildman–Crippen MR) is 99.0 cm³/mol. The molecule has 2 heterocycles. The molecule has 0 radical (unpaired) electrons. The molecule has 1 N–H and O–H groups in total. The van der Waals surface area contributed by atoms with Crippen molar-refractivity contribution in [2.24, 2.45) is 24.0 Å². The molecule has 1 fully saturated rings. The molecule has 3 rings (SSSR count). The first-order valence-electron chi connectivity index (χ1n) is 9.09. The Morgan fingerprint density at radius 2 is 2.14 bits per heavy atom. The van der Waals surface area contributed by atoms with Crippen LogP contribution in [0, 0.1) is 22.0 Å². The molecule has 9 nitrogen and oxygen atoms in total. The van der Waals surface area contributed by atoms with Crippen LogP contribution in [0.3, 0.4) is 0 Å². The van der Waals surface area contributed by atoms with Crippen LogP contribution < -0.4 is 4.57 Å². The number of hydrogen-bond donors (Lipinski definition) is 1. The van der Waals surface area contributed by atoms with E-state index in [-0.39, 0.29) is 23.5 Å². The monoisotopic (exact) mass is 387 g/mol. The minimum atomic E-state index is -0.473. The summed E-state index contributed by atoms with van der Waals surface area (Å²) in [4.78, 5) is 22.1. The van der Waals surface area contributed by atoms with E-state index in [1.165, 1.54) is 12.1 Å². The summed E-state index contributed by atoms with van der Waals surface area (Å²) in [5.74, 6) is -0.0410. The Balaban J connectivity index is 1.73. The van der Waals surface area contributed by atoms with Crippen molar-refractivity contribution in [1.82, 2.24) is 4.57 Å². The zero-order chi connectivity index (χ0) is 20.3. The SMILES string of the molecule is CCC1C(=O)OCC1Cc1c[n+](C/C(=N/O)c2ccc([N+](=O)[O-])cc2)cn1C. The number of imidazole rings is 1. The lowest BCUT2D eigenvalue weighted by atomic mass is 9.89. The molecule has 9 heteroatoms. The number of aromatic nitrogens is 2. The Morgan fingerprint density at radius 3 is 2.75 bits per heavy atom. The number of carbonyl (C=O) groups is 1. The fraction of sp³-hybridized carbons (Fsp3) is 0.421. The van der Waals surface area contributed by atoms with Crippen molar-refractivity contribution < 1.29 is 24.2 Å². The number of aryl methyl sites for hydroxylation is 1. The Morgan fingerprint density at radius 1 is 1.43 bits per heavy atom. The summed E-state index contributed by atoms with van der Waals surface area (Å²) in [6.07, 6.45) is 5.31. The fourth-order valence-electron chi connectivity index (χ4n) is 3.60. The molecule has 1 saturated heterocycles. The molecule has 1 aliphatic heterocycles. The van der Waals surface area contributed by atoms with Gasteiger partial charge in [0.1, 0.15) is 24.1 Å². The summed E-state index contributed by atoms with van der Waals surface area (Å²) in [5.41, 5.74) is 2.02. The van der Waals surface area contributed by atoms with Gasteiger partial charge < -0.3 is 9.94 Å². The maximum absolute atomic E-state index is 11.8. The highest BCUT2D eigenvalue weighted by Crippen LogP contribution is 2.28. The molecule has 0 amide bonds. The van der Waals surface area contributed by atoms with Crippen molar-refractivity contribution in [1.29, 1.82) is 0 Å². The number of ether oxygens (including phenoxy) is 1. The number of hydrogen-bond acceptors (Lipinski definition) is 6. The van der Waals surface area contributed by atoms with Gasteiger partial charge in [0, 0.05) is 30.0 Å². The van der Waals surface area contributed by atoms with E-state index < -0.39 is 4.92 Å². The van der Waals surface area contributed by atoms with Gasteiger partial charge in [-0.15, -0.1) is 0 Å². The number of benzene rings is 1. The molecular formula is C19H23N4O5+. The molecule has 28 heavy (non-hydrogen) atoms. The third-order valence-electron chi connectivity index (χ3n) is 5.18. The summed E-state index contributed by atoms with van der Waals surface area (Å²) in [6, 6.07) is 5.88. The van der Waals surface area contributed by atoms with E-state index >= 15 is 0 Å². The highest BCUT2D eigenvalue weighted by molar-refractivity contribution is 5.99. The number of rotatable bonds is 7. The van der Waals surface area contributed by atoms with Crippen LogP contribution in [0.5, 0.6) is 0 Å². The van der Waals surface area contributed by atoms with Crippen LogP contribution in [-0.2, 0) is 29.5 Å². The van der Waals surface area contributed by atoms with E-state index in [0.717, 1.165) is 18.5 Å². The molecular weight excluding hydrogens is 364 g/mol. The van der Waals surface area contributed by atoms with E-state index in [0.29, 0.717) is 24.4 Å². The van der Waals surface area contributed by atoms with Gasteiger partial charge >= 0.3 is 5.97 Å². The van der Waals surface area contributed by atoms with Gasteiger partial charge in [-0.1, -0.05) is 12.1 Å². The van der Waals surface area contributed by atoms with Crippen molar-refractivity contribution in [2.75, 3.05) is 6.61 Å². The molecule has 2 atom stereocenters. The van der Waals surface area contributed by atoms with Crippen LogP contribution in [-0.4, -0.2) is 33.0 Å². The molecule has 0 aliphatic carbocycles. The Kier molecular flexibility index (Phi) is 5.72. The summed E-state index contributed by atoms with van der Waals surface area (Å²) < 4.78 is 9.05.